The Kier molecular flexibility index (Phi) is 5.67. The summed E-state index contributed by atoms with van der Waals surface area (Å²) >= 11 is 2.26. The highest BCUT2D eigenvalue weighted by molar-refractivity contribution is 14.1. The van der Waals surface area contributed by atoms with E-state index in [0.29, 0.717) is 0 Å². The summed E-state index contributed by atoms with van der Waals surface area (Å²) in [6.07, 6.45) is 1.03. The van der Waals surface area contributed by atoms with Gasteiger partial charge in [-0.3, -0.25) is 9.69 Å². The van der Waals surface area contributed by atoms with Gasteiger partial charge in [0.2, 0.25) is 0 Å². The number of carbonyl (C=O) groups is 1. The quantitative estimate of drug-likeness (QED) is 0.709. The highest BCUT2D eigenvalue weighted by Crippen LogP contribution is 2.13. The molecule has 3 rings (SSSR count). The van der Waals surface area contributed by atoms with Gasteiger partial charge < -0.3 is 4.90 Å². The van der Waals surface area contributed by atoms with Crippen molar-refractivity contribution in [2.45, 2.75) is 13.0 Å². The Bertz CT molecular complexity index is 642. The number of benzene rings is 2. The average molecular weight is 420 g/mol. The van der Waals surface area contributed by atoms with E-state index in [0.717, 1.165) is 48.3 Å². The molecule has 1 saturated heterocycles. The van der Waals surface area contributed by atoms with Gasteiger partial charge in [0.05, 0.1) is 0 Å². The van der Waals surface area contributed by atoms with E-state index in [1.54, 1.807) is 0 Å². The summed E-state index contributed by atoms with van der Waals surface area (Å²) in [7, 11) is 0. The molecule has 0 aliphatic carbocycles. The van der Waals surface area contributed by atoms with E-state index in [1.807, 2.05) is 35.2 Å². The van der Waals surface area contributed by atoms with E-state index >= 15 is 0 Å². The van der Waals surface area contributed by atoms with Crippen molar-refractivity contribution < 1.29 is 4.79 Å². The molecule has 0 N–H and O–H groups in total. The molecule has 2 aromatic carbocycles. The Labute approximate surface area is 151 Å². The predicted molar refractivity (Wildman–Crippen MR) is 101 cm³/mol. The fourth-order valence-electron chi connectivity index (χ4n) is 2.95. The smallest absolute Gasteiger partial charge is 0.253 e. The minimum absolute atomic E-state index is 0.156. The number of rotatable bonds is 3. The van der Waals surface area contributed by atoms with Gasteiger partial charge in [0.25, 0.3) is 5.91 Å². The average Bonchev–Trinajstić information content (AvgIpc) is 2.81. The van der Waals surface area contributed by atoms with Crippen molar-refractivity contribution in [2.75, 3.05) is 26.2 Å². The van der Waals surface area contributed by atoms with Crippen LogP contribution < -0.4 is 0 Å². The molecular weight excluding hydrogens is 399 g/mol. The van der Waals surface area contributed by atoms with E-state index in [4.69, 9.17) is 0 Å². The zero-order valence-corrected chi connectivity index (χ0v) is 15.3. The van der Waals surface area contributed by atoms with Crippen molar-refractivity contribution in [2.24, 2.45) is 0 Å². The van der Waals surface area contributed by atoms with Crippen LogP contribution in [0.15, 0.2) is 54.6 Å². The maximum absolute atomic E-state index is 12.6. The van der Waals surface area contributed by atoms with Crippen molar-refractivity contribution in [3.05, 3.63) is 69.3 Å². The highest BCUT2D eigenvalue weighted by Gasteiger charge is 2.20. The van der Waals surface area contributed by atoms with Crippen molar-refractivity contribution in [3.8, 4) is 0 Å². The number of nitrogens with zero attached hydrogens (tertiary/aromatic N) is 2. The Morgan fingerprint density at radius 2 is 1.65 bits per heavy atom. The van der Waals surface area contributed by atoms with Gasteiger partial charge in [0.15, 0.2) is 0 Å². The molecule has 0 saturated carbocycles. The number of amides is 1. The number of hydrogen-bond donors (Lipinski definition) is 0. The van der Waals surface area contributed by atoms with E-state index in [1.165, 1.54) is 5.56 Å². The molecule has 1 fully saturated rings. The van der Waals surface area contributed by atoms with Crippen molar-refractivity contribution in [3.63, 3.8) is 0 Å². The van der Waals surface area contributed by atoms with Gasteiger partial charge in [-0.1, -0.05) is 30.3 Å². The van der Waals surface area contributed by atoms with Gasteiger partial charge >= 0.3 is 0 Å². The lowest BCUT2D eigenvalue weighted by atomic mass is 10.2. The lowest BCUT2D eigenvalue weighted by Gasteiger charge is -2.22. The molecule has 0 bridgehead atoms. The van der Waals surface area contributed by atoms with Crippen LogP contribution in [0.5, 0.6) is 0 Å². The minimum atomic E-state index is 0.156. The normalized spacial score (nSPS) is 16.1. The van der Waals surface area contributed by atoms with Crippen LogP contribution in [0.1, 0.15) is 22.3 Å². The zero-order chi connectivity index (χ0) is 16.1. The number of halogens is 1. The Morgan fingerprint density at radius 3 is 2.39 bits per heavy atom. The second kappa shape index (κ2) is 7.93. The van der Waals surface area contributed by atoms with Crippen LogP contribution in [0.2, 0.25) is 0 Å². The Hall–Kier alpha value is -1.40. The van der Waals surface area contributed by atoms with E-state index in [-0.39, 0.29) is 5.91 Å². The monoisotopic (exact) mass is 420 g/mol. The molecule has 0 atom stereocenters. The molecule has 0 radical (unpaired) electrons. The van der Waals surface area contributed by atoms with Crippen LogP contribution in [0.3, 0.4) is 0 Å². The first-order valence-electron chi connectivity index (χ1n) is 8.03. The third-order valence-corrected chi connectivity index (χ3v) is 4.94. The van der Waals surface area contributed by atoms with E-state index < -0.39 is 0 Å². The topological polar surface area (TPSA) is 23.6 Å². The molecule has 1 heterocycles. The molecule has 0 spiro atoms. The lowest BCUT2D eigenvalue weighted by molar-refractivity contribution is 0.0761. The molecule has 23 heavy (non-hydrogen) atoms. The second-order valence-corrected chi connectivity index (χ2v) is 7.16. The lowest BCUT2D eigenvalue weighted by Crippen LogP contribution is -2.35. The minimum Gasteiger partial charge on any atom is -0.337 e. The summed E-state index contributed by atoms with van der Waals surface area (Å²) in [4.78, 5) is 17.1. The fraction of sp³-hybridized carbons (Fsp3) is 0.316. The molecule has 1 aliphatic rings. The van der Waals surface area contributed by atoms with E-state index in [9.17, 15) is 4.79 Å². The molecule has 3 nitrogen and oxygen atoms in total. The van der Waals surface area contributed by atoms with Crippen molar-refractivity contribution in [1.82, 2.24) is 9.80 Å². The molecule has 120 valence electrons. The summed E-state index contributed by atoms with van der Waals surface area (Å²) < 4.78 is 1.16. The van der Waals surface area contributed by atoms with Crippen LogP contribution >= 0.6 is 22.6 Å². The van der Waals surface area contributed by atoms with Gasteiger partial charge in [0.1, 0.15) is 0 Å². The van der Waals surface area contributed by atoms with E-state index in [2.05, 4.69) is 51.8 Å². The van der Waals surface area contributed by atoms with Crippen molar-refractivity contribution >= 4 is 28.5 Å². The van der Waals surface area contributed by atoms with Crippen LogP contribution in [-0.4, -0.2) is 41.9 Å². The zero-order valence-electron chi connectivity index (χ0n) is 13.1. The van der Waals surface area contributed by atoms with Crippen LogP contribution in [0, 0.1) is 3.57 Å². The summed E-state index contributed by atoms with van der Waals surface area (Å²) in [6, 6.07) is 18.4. The third kappa shape index (κ3) is 4.54. The third-order valence-electron chi connectivity index (χ3n) is 4.22. The SMILES string of the molecule is O=C(c1ccc(I)cc1)N1CCCN(Cc2ccccc2)CC1. The molecule has 0 unspecified atom stereocenters. The summed E-state index contributed by atoms with van der Waals surface area (Å²) in [5.74, 6) is 0.156. The number of carbonyl (C=O) groups excluding carboxylic acids is 1. The van der Waals surface area contributed by atoms with Crippen molar-refractivity contribution in [1.29, 1.82) is 0 Å². The number of hydrogen-bond acceptors (Lipinski definition) is 2. The van der Waals surface area contributed by atoms with Crippen LogP contribution in [0.25, 0.3) is 0 Å². The first kappa shape index (κ1) is 16.5. The predicted octanol–water partition coefficient (Wildman–Crippen LogP) is 3.64. The summed E-state index contributed by atoms with van der Waals surface area (Å²) in [6.45, 7) is 4.59. The molecular formula is C19H21IN2O. The van der Waals surface area contributed by atoms with Gasteiger partial charge in [-0.25, -0.2) is 0 Å². The largest absolute Gasteiger partial charge is 0.337 e. The molecule has 1 amide bonds. The molecule has 0 aromatic heterocycles. The maximum Gasteiger partial charge on any atom is 0.253 e. The van der Waals surface area contributed by atoms with Gasteiger partial charge in [-0.05, 0) is 58.8 Å². The first-order chi connectivity index (χ1) is 11.2. The Balaban J connectivity index is 1.59. The fourth-order valence-corrected chi connectivity index (χ4v) is 3.31. The van der Waals surface area contributed by atoms with Gasteiger partial charge in [0, 0.05) is 41.9 Å². The van der Waals surface area contributed by atoms with Gasteiger partial charge in [-0.15, -0.1) is 0 Å². The summed E-state index contributed by atoms with van der Waals surface area (Å²) in [5.41, 5.74) is 2.13. The first-order valence-corrected chi connectivity index (χ1v) is 9.11. The second-order valence-electron chi connectivity index (χ2n) is 5.91. The Morgan fingerprint density at radius 1 is 0.913 bits per heavy atom. The maximum atomic E-state index is 12.6. The standard InChI is InChI=1S/C19H21IN2O/c20-18-9-7-17(8-10-18)19(23)22-12-4-11-21(13-14-22)15-16-5-2-1-3-6-16/h1-3,5-10H,4,11-15H2. The van der Waals surface area contributed by atoms with Crippen LogP contribution in [-0.2, 0) is 6.54 Å². The van der Waals surface area contributed by atoms with Crippen LogP contribution in [0.4, 0.5) is 0 Å². The molecule has 2 aromatic rings. The van der Waals surface area contributed by atoms with Gasteiger partial charge in [-0.2, -0.15) is 0 Å². The highest BCUT2D eigenvalue weighted by atomic mass is 127. The molecule has 4 heteroatoms. The summed E-state index contributed by atoms with van der Waals surface area (Å²) in [5, 5.41) is 0. The molecule has 1 aliphatic heterocycles.